The van der Waals surface area contributed by atoms with E-state index in [2.05, 4.69) is 15.3 Å². The van der Waals surface area contributed by atoms with Gasteiger partial charge in [-0.1, -0.05) is 17.8 Å². The van der Waals surface area contributed by atoms with Crippen molar-refractivity contribution in [1.82, 2.24) is 9.97 Å². The molecule has 2 N–H and O–H groups in total. The number of aromatic nitrogens is 2. The van der Waals surface area contributed by atoms with E-state index in [0.717, 1.165) is 12.1 Å². The van der Waals surface area contributed by atoms with Gasteiger partial charge < -0.3 is 10.4 Å². The zero-order chi connectivity index (χ0) is 13.8. The van der Waals surface area contributed by atoms with Crippen LogP contribution in [0.15, 0.2) is 29.6 Å². The summed E-state index contributed by atoms with van der Waals surface area (Å²) in [4.78, 5) is 8.07. The zero-order valence-corrected chi connectivity index (χ0v) is 10.8. The summed E-state index contributed by atoms with van der Waals surface area (Å²) in [6.45, 7) is -0.326. The molecule has 2 aromatic rings. The molecule has 0 unspecified atom stereocenters. The average molecular weight is 283 g/mol. The van der Waals surface area contributed by atoms with Gasteiger partial charge in [-0.15, -0.1) is 0 Å². The maximum absolute atomic E-state index is 13.5. The van der Waals surface area contributed by atoms with E-state index in [0.29, 0.717) is 10.7 Å². The zero-order valence-electron chi connectivity index (χ0n) is 10.0. The first-order valence-corrected chi connectivity index (χ1v) is 6.60. The van der Waals surface area contributed by atoms with Crippen LogP contribution in [-0.2, 0) is 6.61 Å². The van der Waals surface area contributed by atoms with Crippen molar-refractivity contribution in [2.45, 2.75) is 11.8 Å². The Labute approximate surface area is 112 Å². The summed E-state index contributed by atoms with van der Waals surface area (Å²) in [5, 5.41) is 12.2. The minimum absolute atomic E-state index is 0.186. The van der Waals surface area contributed by atoms with Crippen LogP contribution < -0.4 is 5.32 Å². The predicted octanol–water partition coefficient (Wildman–Crippen LogP) is 2.71. The molecule has 2 rings (SSSR count). The van der Waals surface area contributed by atoms with Crippen molar-refractivity contribution in [3.05, 3.63) is 41.6 Å². The molecule has 0 fully saturated rings. The topological polar surface area (TPSA) is 58.0 Å². The highest BCUT2D eigenvalue weighted by Gasteiger charge is 2.12. The number of nitrogens with one attached hydrogen (secondary N) is 1. The van der Waals surface area contributed by atoms with E-state index in [1.165, 1.54) is 24.0 Å². The molecule has 0 radical (unpaired) electrons. The summed E-state index contributed by atoms with van der Waals surface area (Å²) in [6.07, 6.45) is 3.20. The molecule has 4 nitrogen and oxygen atoms in total. The van der Waals surface area contributed by atoms with Crippen LogP contribution >= 0.6 is 11.8 Å². The maximum Gasteiger partial charge on any atom is 0.189 e. The molecular weight excluding hydrogens is 272 g/mol. The minimum Gasteiger partial charge on any atom is -0.391 e. The van der Waals surface area contributed by atoms with E-state index in [1.807, 2.05) is 0 Å². The van der Waals surface area contributed by atoms with Gasteiger partial charge >= 0.3 is 0 Å². The Morgan fingerprint density at radius 3 is 2.58 bits per heavy atom. The number of hydrogen-bond donors (Lipinski definition) is 2. The molecule has 0 spiro atoms. The van der Waals surface area contributed by atoms with Crippen LogP contribution in [0.1, 0.15) is 5.56 Å². The summed E-state index contributed by atoms with van der Waals surface area (Å²) in [5.41, 5.74) is 0.0587. The molecule has 0 aliphatic heterocycles. The Kier molecular flexibility index (Phi) is 4.28. The number of rotatable bonds is 4. The van der Waals surface area contributed by atoms with Crippen LogP contribution in [0, 0.1) is 11.6 Å². The summed E-state index contributed by atoms with van der Waals surface area (Å²) in [7, 11) is 0. The van der Waals surface area contributed by atoms with E-state index in [1.54, 1.807) is 6.26 Å². The van der Waals surface area contributed by atoms with Crippen LogP contribution in [0.5, 0.6) is 0 Å². The quantitative estimate of drug-likeness (QED) is 0.667. The Morgan fingerprint density at radius 2 is 2.00 bits per heavy atom. The van der Waals surface area contributed by atoms with Crippen molar-refractivity contribution in [3.8, 4) is 0 Å². The second kappa shape index (κ2) is 5.94. The lowest BCUT2D eigenvalue weighted by Crippen LogP contribution is -2.04. The third kappa shape index (κ3) is 2.99. The molecule has 1 heterocycles. The molecular formula is C12H11F2N3OS. The van der Waals surface area contributed by atoms with Gasteiger partial charge in [-0.05, 0) is 18.4 Å². The third-order valence-electron chi connectivity index (χ3n) is 2.40. The average Bonchev–Trinajstić information content (AvgIpc) is 2.42. The first-order chi connectivity index (χ1) is 9.15. The molecule has 1 aromatic carbocycles. The third-order valence-corrected chi connectivity index (χ3v) is 2.96. The number of hydrogen-bond acceptors (Lipinski definition) is 5. The van der Waals surface area contributed by atoms with E-state index < -0.39 is 11.6 Å². The van der Waals surface area contributed by atoms with Gasteiger partial charge in [-0.3, -0.25) is 0 Å². The summed E-state index contributed by atoms with van der Waals surface area (Å²) < 4.78 is 27.1. The Hall–Kier alpha value is -1.73. The lowest BCUT2D eigenvalue weighted by Gasteiger charge is -2.11. The molecule has 0 saturated heterocycles. The van der Waals surface area contributed by atoms with Crippen LogP contribution in [0.3, 0.4) is 0 Å². The Morgan fingerprint density at radius 1 is 1.32 bits per heavy atom. The van der Waals surface area contributed by atoms with Crippen molar-refractivity contribution >= 4 is 23.3 Å². The van der Waals surface area contributed by atoms with Gasteiger partial charge in [0, 0.05) is 11.8 Å². The SMILES string of the molecule is CSc1ncc(CO)c(Nc2c(F)cccc2F)n1. The fourth-order valence-corrected chi connectivity index (χ4v) is 1.79. The number of aliphatic hydroxyl groups is 1. The van der Waals surface area contributed by atoms with Crippen molar-refractivity contribution < 1.29 is 13.9 Å². The normalized spacial score (nSPS) is 10.5. The van der Waals surface area contributed by atoms with Gasteiger partial charge in [0.2, 0.25) is 0 Å². The van der Waals surface area contributed by atoms with Crippen LogP contribution in [0.2, 0.25) is 0 Å². The second-order valence-corrected chi connectivity index (χ2v) is 4.38. The molecule has 19 heavy (non-hydrogen) atoms. The van der Waals surface area contributed by atoms with Crippen molar-refractivity contribution in [2.24, 2.45) is 0 Å². The Bertz CT molecular complexity index is 575. The first kappa shape index (κ1) is 13.7. The lowest BCUT2D eigenvalue weighted by molar-refractivity contribution is 0.281. The van der Waals surface area contributed by atoms with Gasteiger partial charge in [-0.2, -0.15) is 0 Å². The highest BCUT2D eigenvalue weighted by Crippen LogP contribution is 2.25. The van der Waals surface area contributed by atoms with Gasteiger partial charge in [-0.25, -0.2) is 18.7 Å². The van der Waals surface area contributed by atoms with Gasteiger partial charge in [0.1, 0.15) is 23.1 Å². The lowest BCUT2D eigenvalue weighted by atomic mass is 10.2. The molecule has 1 aromatic heterocycles. The smallest absolute Gasteiger partial charge is 0.189 e. The maximum atomic E-state index is 13.5. The van der Waals surface area contributed by atoms with Crippen molar-refractivity contribution in [1.29, 1.82) is 0 Å². The molecule has 100 valence electrons. The number of para-hydroxylation sites is 1. The largest absolute Gasteiger partial charge is 0.391 e. The van der Waals surface area contributed by atoms with E-state index in [9.17, 15) is 13.9 Å². The predicted molar refractivity (Wildman–Crippen MR) is 69.4 cm³/mol. The van der Waals surface area contributed by atoms with Crippen molar-refractivity contribution in [3.63, 3.8) is 0 Å². The highest BCUT2D eigenvalue weighted by atomic mass is 32.2. The number of nitrogens with zero attached hydrogens (tertiary/aromatic N) is 2. The molecule has 0 atom stereocenters. The van der Waals surface area contributed by atoms with Crippen LogP contribution in [0.4, 0.5) is 20.3 Å². The fourth-order valence-electron chi connectivity index (χ4n) is 1.45. The van der Waals surface area contributed by atoms with Gasteiger partial charge in [0.15, 0.2) is 5.16 Å². The van der Waals surface area contributed by atoms with Crippen LogP contribution in [-0.4, -0.2) is 21.3 Å². The second-order valence-electron chi connectivity index (χ2n) is 3.61. The molecule has 0 amide bonds. The van der Waals surface area contributed by atoms with Crippen molar-refractivity contribution in [2.75, 3.05) is 11.6 Å². The molecule has 0 aliphatic rings. The number of halogens is 2. The first-order valence-electron chi connectivity index (χ1n) is 5.37. The monoisotopic (exact) mass is 283 g/mol. The fraction of sp³-hybridized carbons (Fsp3) is 0.167. The minimum atomic E-state index is -0.729. The molecule has 0 bridgehead atoms. The highest BCUT2D eigenvalue weighted by molar-refractivity contribution is 7.98. The summed E-state index contributed by atoms with van der Waals surface area (Å²) >= 11 is 1.29. The molecule has 0 saturated carbocycles. The number of anilines is 2. The number of benzene rings is 1. The standard InChI is InChI=1S/C12H11F2N3OS/c1-19-12-15-5-7(6-18)11(17-12)16-10-8(13)3-2-4-9(10)14/h2-5,18H,6H2,1H3,(H,15,16,17). The van der Waals surface area contributed by atoms with Gasteiger partial charge in [0.05, 0.1) is 6.61 Å². The van der Waals surface area contributed by atoms with E-state index >= 15 is 0 Å². The molecule has 0 aliphatic carbocycles. The van der Waals surface area contributed by atoms with E-state index in [-0.39, 0.29) is 18.1 Å². The molecule has 7 heteroatoms. The summed E-state index contributed by atoms with van der Waals surface area (Å²) in [6, 6.07) is 3.55. The number of thioether (sulfide) groups is 1. The summed E-state index contributed by atoms with van der Waals surface area (Å²) in [5.74, 6) is -1.27. The van der Waals surface area contributed by atoms with Crippen LogP contribution in [0.25, 0.3) is 0 Å². The Balaban J connectivity index is 2.42. The van der Waals surface area contributed by atoms with E-state index in [4.69, 9.17) is 0 Å². The number of aliphatic hydroxyl groups excluding tert-OH is 1. The van der Waals surface area contributed by atoms with Gasteiger partial charge in [0.25, 0.3) is 0 Å².